The summed E-state index contributed by atoms with van der Waals surface area (Å²) in [7, 11) is 1.91. The summed E-state index contributed by atoms with van der Waals surface area (Å²) in [6.45, 7) is 5.33. The number of nitrogens with zero attached hydrogens (tertiary/aromatic N) is 1. The number of allylic oxidation sites excluding steroid dienone is 1. The van der Waals surface area contributed by atoms with Crippen LogP contribution in [0.2, 0.25) is 0 Å². The Hall–Kier alpha value is -1.35. The average molecular weight is 206 g/mol. The molecule has 0 unspecified atom stereocenters. The molecule has 0 saturated carbocycles. The molecule has 0 aromatic carbocycles. The van der Waals surface area contributed by atoms with Crippen LogP contribution in [0.25, 0.3) is 0 Å². The van der Waals surface area contributed by atoms with Crippen molar-refractivity contribution in [2.75, 3.05) is 13.7 Å². The van der Waals surface area contributed by atoms with Crippen molar-refractivity contribution in [3.05, 3.63) is 35.7 Å². The van der Waals surface area contributed by atoms with E-state index in [-0.39, 0.29) is 0 Å². The van der Waals surface area contributed by atoms with Crippen LogP contribution in [-0.2, 0) is 6.54 Å². The highest BCUT2D eigenvalue weighted by Crippen LogP contribution is 2.18. The van der Waals surface area contributed by atoms with Gasteiger partial charge in [0.05, 0.1) is 0 Å². The maximum absolute atomic E-state index is 5.64. The number of aryl methyl sites for hydroxylation is 1. The van der Waals surface area contributed by atoms with E-state index in [1.54, 1.807) is 0 Å². The number of hydrogen-bond acceptors (Lipinski definition) is 3. The van der Waals surface area contributed by atoms with Crippen LogP contribution in [0.5, 0.6) is 5.75 Å². The summed E-state index contributed by atoms with van der Waals surface area (Å²) >= 11 is 0. The van der Waals surface area contributed by atoms with Gasteiger partial charge in [-0.1, -0.05) is 12.2 Å². The fraction of sp³-hybridized carbons (Fsp3) is 0.417. The first-order valence-electron chi connectivity index (χ1n) is 5.12. The van der Waals surface area contributed by atoms with Gasteiger partial charge in [-0.3, -0.25) is 4.98 Å². The third-order valence-corrected chi connectivity index (χ3v) is 2.02. The molecule has 0 aliphatic carbocycles. The minimum Gasteiger partial charge on any atom is -0.489 e. The highest BCUT2D eigenvalue weighted by atomic mass is 16.5. The SMILES string of the molecule is C/C=C/COc1cc(C)ncc1CNC. The zero-order valence-corrected chi connectivity index (χ0v) is 9.58. The zero-order chi connectivity index (χ0) is 11.1. The molecular formula is C12H18N2O. The van der Waals surface area contributed by atoms with Gasteiger partial charge in [-0.25, -0.2) is 0 Å². The lowest BCUT2D eigenvalue weighted by Gasteiger charge is -2.10. The molecule has 0 bridgehead atoms. The van der Waals surface area contributed by atoms with E-state index in [0.717, 1.165) is 23.6 Å². The number of pyridine rings is 1. The zero-order valence-electron chi connectivity index (χ0n) is 9.58. The average Bonchev–Trinajstić information content (AvgIpc) is 2.22. The van der Waals surface area contributed by atoms with Crippen molar-refractivity contribution in [1.29, 1.82) is 0 Å². The van der Waals surface area contributed by atoms with E-state index in [1.165, 1.54) is 0 Å². The number of ether oxygens (including phenoxy) is 1. The Labute approximate surface area is 91.2 Å². The smallest absolute Gasteiger partial charge is 0.127 e. The maximum Gasteiger partial charge on any atom is 0.127 e. The molecule has 0 aliphatic rings. The van der Waals surface area contributed by atoms with Gasteiger partial charge in [0.25, 0.3) is 0 Å². The van der Waals surface area contributed by atoms with E-state index < -0.39 is 0 Å². The van der Waals surface area contributed by atoms with Gasteiger partial charge >= 0.3 is 0 Å². The molecule has 0 atom stereocenters. The monoisotopic (exact) mass is 206 g/mol. The second kappa shape index (κ2) is 6.19. The molecule has 1 aromatic heterocycles. The molecule has 1 rings (SSSR count). The molecule has 1 heterocycles. The van der Waals surface area contributed by atoms with Gasteiger partial charge in [0, 0.05) is 30.1 Å². The molecule has 0 spiro atoms. The van der Waals surface area contributed by atoms with Crippen LogP contribution >= 0.6 is 0 Å². The molecule has 0 amide bonds. The fourth-order valence-corrected chi connectivity index (χ4v) is 1.25. The quantitative estimate of drug-likeness (QED) is 0.749. The van der Waals surface area contributed by atoms with Crippen LogP contribution < -0.4 is 10.1 Å². The van der Waals surface area contributed by atoms with Crippen molar-refractivity contribution >= 4 is 0 Å². The van der Waals surface area contributed by atoms with Crippen LogP contribution in [0.15, 0.2) is 24.4 Å². The van der Waals surface area contributed by atoms with Gasteiger partial charge in [0.15, 0.2) is 0 Å². The number of hydrogen-bond donors (Lipinski definition) is 1. The van der Waals surface area contributed by atoms with E-state index in [9.17, 15) is 0 Å². The molecule has 3 heteroatoms. The Morgan fingerprint density at radius 1 is 1.53 bits per heavy atom. The first kappa shape index (κ1) is 11.7. The van der Waals surface area contributed by atoms with E-state index in [0.29, 0.717) is 6.61 Å². The molecule has 82 valence electrons. The summed E-state index contributed by atoms with van der Waals surface area (Å²) in [5.41, 5.74) is 2.07. The molecule has 0 saturated heterocycles. The van der Waals surface area contributed by atoms with Crippen molar-refractivity contribution in [3.63, 3.8) is 0 Å². The van der Waals surface area contributed by atoms with Crippen molar-refractivity contribution < 1.29 is 4.74 Å². The Bertz CT molecular complexity index is 334. The fourth-order valence-electron chi connectivity index (χ4n) is 1.25. The Morgan fingerprint density at radius 3 is 3.00 bits per heavy atom. The van der Waals surface area contributed by atoms with Crippen LogP contribution in [0.1, 0.15) is 18.2 Å². The molecular weight excluding hydrogens is 188 g/mol. The predicted molar refractivity (Wildman–Crippen MR) is 62.0 cm³/mol. The van der Waals surface area contributed by atoms with Crippen molar-refractivity contribution in [2.45, 2.75) is 20.4 Å². The highest BCUT2D eigenvalue weighted by Gasteiger charge is 2.03. The third-order valence-electron chi connectivity index (χ3n) is 2.02. The predicted octanol–water partition coefficient (Wildman–Crippen LogP) is 2.06. The summed E-state index contributed by atoms with van der Waals surface area (Å²) in [4.78, 5) is 4.25. The minimum absolute atomic E-state index is 0.608. The summed E-state index contributed by atoms with van der Waals surface area (Å²) in [5, 5.41) is 3.10. The summed E-state index contributed by atoms with van der Waals surface area (Å²) in [5.74, 6) is 0.912. The second-order valence-corrected chi connectivity index (χ2v) is 3.34. The standard InChI is InChI=1S/C12H18N2O/c1-4-5-6-15-12-7-10(2)14-9-11(12)8-13-3/h4-5,7,9,13H,6,8H2,1-3H3/b5-4+. The van der Waals surface area contributed by atoms with Crippen molar-refractivity contribution in [2.24, 2.45) is 0 Å². The van der Waals surface area contributed by atoms with Gasteiger partial charge in [-0.05, 0) is 20.9 Å². The van der Waals surface area contributed by atoms with Gasteiger partial charge < -0.3 is 10.1 Å². The second-order valence-electron chi connectivity index (χ2n) is 3.34. The number of rotatable bonds is 5. The van der Waals surface area contributed by atoms with Crippen LogP contribution in [0, 0.1) is 6.92 Å². The highest BCUT2D eigenvalue weighted by molar-refractivity contribution is 5.32. The van der Waals surface area contributed by atoms with Gasteiger partial charge in [0.1, 0.15) is 12.4 Å². The van der Waals surface area contributed by atoms with Crippen LogP contribution in [-0.4, -0.2) is 18.6 Å². The number of aromatic nitrogens is 1. The van der Waals surface area contributed by atoms with Crippen LogP contribution in [0.4, 0.5) is 0 Å². The molecule has 15 heavy (non-hydrogen) atoms. The molecule has 0 fully saturated rings. The van der Waals surface area contributed by atoms with E-state index >= 15 is 0 Å². The number of nitrogens with one attached hydrogen (secondary N) is 1. The molecule has 1 N–H and O–H groups in total. The maximum atomic E-state index is 5.64. The molecule has 0 radical (unpaired) electrons. The Kier molecular flexibility index (Phi) is 4.84. The lowest BCUT2D eigenvalue weighted by atomic mass is 10.2. The minimum atomic E-state index is 0.608. The normalized spacial score (nSPS) is 10.9. The van der Waals surface area contributed by atoms with Gasteiger partial charge in [-0.2, -0.15) is 0 Å². The third kappa shape index (κ3) is 3.72. The summed E-state index contributed by atoms with van der Waals surface area (Å²) in [6.07, 6.45) is 5.82. The van der Waals surface area contributed by atoms with E-state index in [4.69, 9.17) is 4.74 Å². The van der Waals surface area contributed by atoms with Gasteiger partial charge in [-0.15, -0.1) is 0 Å². The lowest BCUT2D eigenvalue weighted by Crippen LogP contribution is -2.08. The summed E-state index contributed by atoms with van der Waals surface area (Å²) in [6, 6.07) is 1.97. The first-order chi connectivity index (χ1) is 7.27. The van der Waals surface area contributed by atoms with E-state index in [2.05, 4.69) is 10.3 Å². The summed E-state index contributed by atoms with van der Waals surface area (Å²) < 4.78 is 5.64. The van der Waals surface area contributed by atoms with Gasteiger partial charge in [0.2, 0.25) is 0 Å². The molecule has 1 aromatic rings. The van der Waals surface area contributed by atoms with Crippen molar-refractivity contribution in [3.8, 4) is 5.75 Å². The van der Waals surface area contributed by atoms with E-state index in [1.807, 2.05) is 45.3 Å². The largest absolute Gasteiger partial charge is 0.489 e. The first-order valence-corrected chi connectivity index (χ1v) is 5.12. The molecule has 3 nitrogen and oxygen atoms in total. The Morgan fingerprint density at radius 2 is 2.33 bits per heavy atom. The molecule has 0 aliphatic heterocycles. The lowest BCUT2D eigenvalue weighted by molar-refractivity contribution is 0.357. The Balaban J connectivity index is 2.76. The van der Waals surface area contributed by atoms with Crippen LogP contribution in [0.3, 0.4) is 0 Å². The topological polar surface area (TPSA) is 34.1 Å². The van der Waals surface area contributed by atoms with Crippen molar-refractivity contribution in [1.82, 2.24) is 10.3 Å².